The molecule has 0 atom stereocenters. The summed E-state index contributed by atoms with van der Waals surface area (Å²) in [6, 6.07) is 5.40. The maximum atomic E-state index is 12.9. The molecule has 1 amide bonds. The molecule has 0 bridgehead atoms. The topological polar surface area (TPSA) is 101 Å². The first-order chi connectivity index (χ1) is 11.9. The van der Waals surface area contributed by atoms with Crippen molar-refractivity contribution < 1.29 is 13.2 Å². The summed E-state index contributed by atoms with van der Waals surface area (Å²) in [6.45, 7) is 4.97. The Morgan fingerprint density at radius 3 is 2.52 bits per heavy atom. The van der Waals surface area contributed by atoms with Gasteiger partial charge in [-0.2, -0.15) is 4.31 Å². The van der Waals surface area contributed by atoms with Gasteiger partial charge in [-0.25, -0.2) is 13.1 Å². The number of rotatable bonds is 4. The summed E-state index contributed by atoms with van der Waals surface area (Å²) < 4.78 is 28.6. The molecular formula is C15H20N6O3S. The molecule has 2 aromatic rings. The second-order valence-electron chi connectivity index (χ2n) is 6.06. The largest absolute Gasteiger partial charge is 0.338 e. The van der Waals surface area contributed by atoms with E-state index in [1.165, 1.54) is 15.3 Å². The third-order valence-electron chi connectivity index (χ3n) is 4.24. The number of aryl methyl sites for hydroxylation is 2. The van der Waals surface area contributed by atoms with Gasteiger partial charge in [0.2, 0.25) is 15.9 Å². The smallest absolute Gasteiger partial charge is 0.244 e. The second kappa shape index (κ2) is 6.89. The van der Waals surface area contributed by atoms with E-state index in [0.717, 1.165) is 11.1 Å². The Kier molecular flexibility index (Phi) is 4.82. The Hall–Kier alpha value is -2.33. The highest BCUT2D eigenvalue weighted by Crippen LogP contribution is 2.22. The van der Waals surface area contributed by atoms with Crippen LogP contribution in [0.25, 0.3) is 0 Å². The van der Waals surface area contributed by atoms with E-state index < -0.39 is 10.0 Å². The first kappa shape index (κ1) is 17.5. The van der Waals surface area contributed by atoms with Gasteiger partial charge in [0, 0.05) is 26.2 Å². The molecule has 1 saturated heterocycles. The maximum Gasteiger partial charge on any atom is 0.244 e. The Morgan fingerprint density at radius 1 is 1.16 bits per heavy atom. The van der Waals surface area contributed by atoms with Gasteiger partial charge in [0.25, 0.3) is 0 Å². The fourth-order valence-electron chi connectivity index (χ4n) is 2.79. The molecule has 0 saturated carbocycles. The summed E-state index contributed by atoms with van der Waals surface area (Å²) in [5.74, 6) is -0.129. The number of hydrogen-bond donors (Lipinski definition) is 0. The predicted octanol–water partition coefficient (Wildman–Crippen LogP) is -0.177. The second-order valence-corrected chi connectivity index (χ2v) is 7.97. The van der Waals surface area contributed by atoms with Gasteiger partial charge in [0.1, 0.15) is 12.9 Å². The van der Waals surface area contributed by atoms with Crippen LogP contribution in [0.2, 0.25) is 0 Å². The van der Waals surface area contributed by atoms with Crippen molar-refractivity contribution in [2.75, 3.05) is 26.2 Å². The monoisotopic (exact) mass is 364 g/mol. The lowest BCUT2D eigenvalue weighted by Gasteiger charge is -2.34. The van der Waals surface area contributed by atoms with Crippen molar-refractivity contribution in [3.8, 4) is 0 Å². The fourth-order valence-corrected chi connectivity index (χ4v) is 4.53. The van der Waals surface area contributed by atoms with Gasteiger partial charge < -0.3 is 4.90 Å². The van der Waals surface area contributed by atoms with Gasteiger partial charge in [-0.05, 0) is 41.5 Å². The van der Waals surface area contributed by atoms with Crippen LogP contribution in [-0.4, -0.2) is 69.9 Å². The number of carbonyl (C=O) groups is 1. The molecule has 2 heterocycles. The number of carbonyl (C=O) groups excluding carboxylic acids is 1. The molecule has 0 aliphatic carbocycles. The molecule has 1 aliphatic rings. The van der Waals surface area contributed by atoms with Crippen LogP contribution in [0, 0.1) is 13.8 Å². The van der Waals surface area contributed by atoms with E-state index in [4.69, 9.17) is 0 Å². The SMILES string of the molecule is Cc1ccc(C)c(S(=O)(=O)N2CCN(C(=O)Cn3cnnn3)CC2)c1. The van der Waals surface area contributed by atoms with Crippen LogP contribution >= 0.6 is 0 Å². The molecule has 3 rings (SSSR count). The van der Waals surface area contributed by atoms with Crippen LogP contribution in [0.5, 0.6) is 0 Å². The highest BCUT2D eigenvalue weighted by Gasteiger charge is 2.31. The van der Waals surface area contributed by atoms with Gasteiger partial charge in [0.05, 0.1) is 4.90 Å². The summed E-state index contributed by atoms with van der Waals surface area (Å²) in [5, 5.41) is 10.6. The quantitative estimate of drug-likeness (QED) is 0.746. The molecule has 0 spiro atoms. The number of piperazine rings is 1. The molecule has 1 aliphatic heterocycles. The van der Waals surface area contributed by atoms with Crippen LogP contribution in [0.1, 0.15) is 11.1 Å². The van der Waals surface area contributed by atoms with Crippen LogP contribution in [0.3, 0.4) is 0 Å². The Morgan fingerprint density at radius 2 is 1.88 bits per heavy atom. The predicted molar refractivity (Wildman–Crippen MR) is 89.1 cm³/mol. The summed E-state index contributed by atoms with van der Waals surface area (Å²) in [4.78, 5) is 14.2. The van der Waals surface area contributed by atoms with E-state index in [9.17, 15) is 13.2 Å². The van der Waals surface area contributed by atoms with Crippen LogP contribution in [0.15, 0.2) is 29.4 Å². The molecule has 1 aromatic heterocycles. The number of nitrogens with zero attached hydrogens (tertiary/aromatic N) is 6. The van der Waals surface area contributed by atoms with E-state index >= 15 is 0 Å². The Labute approximate surface area is 146 Å². The van der Waals surface area contributed by atoms with Gasteiger partial charge in [-0.15, -0.1) is 5.10 Å². The number of hydrogen-bond acceptors (Lipinski definition) is 6. The normalized spacial score (nSPS) is 16.2. The lowest BCUT2D eigenvalue weighted by Crippen LogP contribution is -2.51. The summed E-state index contributed by atoms with van der Waals surface area (Å²) in [7, 11) is -3.56. The molecule has 10 heteroatoms. The highest BCUT2D eigenvalue weighted by molar-refractivity contribution is 7.89. The molecule has 0 N–H and O–H groups in total. The molecule has 0 radical (unpaired) electrons. The number of amides is 1. The lowest BCUT2D eigenvalue weighted by molar-refractivity contribution is -0.133. The van der Waals surface area contributed by atoms with Crippen molar-refractivity contribution >= 4 is 15.9 Å². The molecule has 134 valence electrons. The first-order valence-electron chi connectivity index (χ1n) is 7.94. The maximum absolute atomic E-state index is 12.9. The first-order valence-corrected chi connectivity index (χ1v) is 9.38. The van der Waals surface area contributed by atoms with Crippen molar-refractivity contribution in [3.63, 3.8) is 0 Å². The minimum absolute atomic E-state index is 0.0523. The Bertz CT molecular complexity index is 857. The number of tetrazole rings is 1. The standard InChI is InChI=1S/C15H20N6O3S/c1-12-3-4-13(2)14(9-12)25(23,24)21-7-5-19(6-8-21)15(22)10-20-11-16-17-18-20/h3-4,9,11H,5-8,10H2,1-2H3. The number of sulfonamides is 1. The minimum atomic E-state index is -3.56. The zero-order valence-corrected chi connectivity index (χ0v) is 15.0. The molecular weight excluding hydrogens is 344 g/mol. The summed E-state index contributed by atoms with van der Waals surface area (Å²) in [5.41, 5.74) is 1.63. The molecule has 1 fully saturated rings. The average molecular weight is 364 g/mol. The molecule has 25 heavy (non-hydrogen) atoms. The van der Waals surface area contributed by atoms with Gasteiger partial charge in [0.15, 0.2) is 0 Å². The van der Waals surface area contributed by atoms with E-state index in [1.807, 2.05) is 19.1 Å². The van der Waals surface area contributed by atoms with Crippen molar-refractivity contribution in [3.05, 3.63) is 35.7 Å². The van der Waals surface area contributed by atoms with E-state index in [2.05, 4.69) is 15.5 Å². The summed E-state index contributed by atoms with van der Waals surface area (Å²) in [6.07, 6.45) is 1.37. The zero-order chi connectivity index (χ0) is 18.0. The van der Waals surface area contributed by atoms with E-state index in [1.54, 1.807) is 17.9 Å². The molecule has 1 aromatic carbocycles. The van der Waals surface area contributed by atoms with E-state index in [-0.39, 0.29) is 25.5 Å². The number of benzene rings is 1. The number of aromatic nitrogens is 4. The molecule has 0 unspecified atom stereocenters. The van der Waals surface area contributed by atoms with Crippen molar-refractivity contribution in [1.29, 1.82) is 0 Å². The zero-order valence-electron chi connectivity index (χ0n) is 14.2. The van der Waals surface area contributed by atoms with Gasteiger partial charge in [-0.3, -0.25) is 4.79 Å². The third-order valence-corrected chi connectivity index (χ3v) is 6.28. The van der Waals surface area contributed by atoms with Gasteiger partial charge in [-0.1, -0.05) is 12.1 Å². The average Bonchev–Trinajstić information content (AvgIpc) is 3.10. The fraction of sp³-hybridized carbons (Fsp3) is 0.467. The third kappa shape index (κ3) is 3.69. The van der Waals surface area contributed by atoms with Gasteiger partial charge >= 0.3 is 0 Å². The van der Waals surface area contributed by atoms with Crippen LogP contribution in [-0.2, 0) is 21.4 Å². The molecule has 9 nitrogen and oxygen atoms in total. The van der Waals surface area contributed by atoms with Crippen molar-refractivity contribution in [1.82, 2.24) is 29.4 Å². The van der Waals surface area contributed by atoms with Crippen LogP contribution in [0.4, 0.5) is 0 Å². The van der Waals surface area contributed by atoms with Crippen LogP contribution < -0.4 is 0 Å². The Balaban J connectivity index is 1.67. The van der Waals surface area contributed by atoms with Crippen molar-refractivity contribution in [2.24, 2.45) is 0 Å². The lowest BCUT2D eigenvalue weighted by atomic mass is 10.2. The van der Waals surface area contributed by atoms with Crippen molar-refractivity contribution in [2.45, 2.75) is 25.3 Å². The summed E-state index contributed by atoms with van der Waals surface area (Å²) >= 11 is 0. The highest BCUT2D eigenvalue weighted by atomic mass is 32.2. The minimum Gasteiger partial charge on any atom is -0.338 e. The van der Waals surface area contributed by atoms with E-state index in [0.29, 0.717) is 18.0 Å².